The molecule has 1 N–H and O–H groups in total. The zero-order valence-corrected chi connectivity index (χ0v) is 13.5. The Kier molecular flexibility index (Phi) is 3.15. The molecule has 1 aliphatic heterocycles. The van der Waals surface area contributed by atoms with Crippen LogP contribution in [0.2, 0.25) is 0 Å². The Hall–Kier alpha value is -1.55. The SMILES string of the molecule is c1cc(C2=NN=NC2)ccc1CNC12CC3CC(CC(C3)C1)C2. The molecule has 4 saturated carbocycles. The van der Waals surface area contributed by atoms with Gasteiger partial charge in [-0.2, -0.15) is 5.11 Å². The first-order valence-electron chi connectivity index (χ1n) is 9.06. The van der Waals surface area contributed by atoms with Crippen molar-refractivity contribution in [3.8, 4) is 0 Å². The average Bonchev–Trinajstić information content (AvgIpc) is 3.07. The molecule has 0 amide bonds. The minimum Gasteiger partial charge on any atom is -0.307 e. The second-order valence-electron chi connectivity index (χ2n) is 8.18. The van der Waals surface area contributed by atoms with Crippen LogP contribution >= 0.6 is 0 Å². The number of rotatable bonds is 4. The van der Waals surface area contributed by atoms with E-state index < -0.39 is 0 Å². The van der Waals surface area contributed by atoms with Crippen molar-refractivity contribution >= 4 is 5.71 Å². The fourth-order valence-electron chi connectivity index (χ4n) is 5.80. The fraction of sp³-hybridized carbons (Fsp3) is 0.632. The number of hydrogen-bond acceptors (Lipinski definition) is 4. The predicted octanol–water partition coefficient (Wildman–Crippen LogP) is 3.91. The molecule has 23 heavy (non-hydrogen) atoms. The van der Waals surface area contributed by atoms with E-state index in [1.807, 2.05) is 0 Å². The van der Waals surface area contributed by atoms with E-state index in [0.29, 0.717) is 12.1 Å². The molecule has 4 nitrogen and oxygen atoms in total. The van der Waals surface area contributed by atoms with E-state index in [1.54, 1.807) is 0 Å². The van der Waals surface area contributed by atoms with Crippen LogP contribution in [0.15, 0.2) is 39.7 Å². The van der Waals surface area contributed by atoms with Crippen LogP contribution in [0.4, 0.5) is 0 Å². The highest BCUT2D eigenvalue weighted by Gasteiger charge is 2.50. The molecule has 1 heterocycles. The first-order valence-corrected chi connectivity index (χ1v) is 9.06. The van der Waals surface area contributed by atoms with Crippen molar-refractivity contribution in [2.45, 2.75) is 50.6 Å². The van der Waals surface area contributed by atoms with Crippen LogP contribution in [0.5, 0.6) is 0 Å². The summed E-state index contributed by atoms with van der Waals surface area (Å²) in [4.78, 5) is 0. The largest absolute Gasteiger partial charge is 0.307 e. The second-order valence-corrected chi connectivity index (χ2v) is 8.18. The molecule has 0 unspecified atom stereocenters. The summed E-state index contributed by atoms with van der Waals surface area (Å²) in [5, 5.41) is 15.7. The lowest BCUT2D eigenvalue weighted by atomic mass is 9.53. The highest BCUT2D eigenvalue weighted by Crippen LogP contribution is 2.55. The van der Waals surface area contributed by atoms with Gasteiger partial charge in [-0.05, 0) is 72.6 Å². The molecule has 1 aromatic carbocycles. The Morgan fingerprint density at radius 2 is 1.61 bits per heavy atom. The van der Waals surface area contributed by atoms with E-state index in [2.05, 4.69) is 45.0 Å². The molecule has 4 fully saturated rings. The van der Waals surface area contributed by atoms with Crippen molar-refractivity contribution in [2.75, 3.05) is 6.54 Å². The molecule has 0 atom stereocenters. The Balaban J connectivity index is 1.26. The zero-order chi connectivity index (χ0) is 15.3. The first-order chi connectivity index (χ1) is 11.3. The van der Waals surface area contributed by atoms with Gasteiger partial charge in [0.1, 0.15) is 6.54 Å². The monoisotopic (exact) mass is 308 g/mol. The van der Waals surface area contributed by atoms with Crippen LogP contribution in [0.3, 0.4) is 0 Å². The molecule has 0 saturated heterocycles. The number of hydrogen-bond donors (Lipinski definition) is 1. The summed E-state index contributed by atoms with van der Waals surface area (Å²) in [6.07, 6.45) is 8.76. The van der Waals surface area contributed by atoms with Gasteiger partial charge in [-0.15, -0.1) is 5.10 Å². The Bertz CT molecular complexity index is 623. The van der Waals surface area contributed by atoms with Gasteiger partial charge in [-0.25, -0.2) is 0 Å². The van der Waals surface area contributed by atoms with Gasteiger partial charge in [0, 0.05) is 12.1 Å². The Morgan fingerprint density at radius 1 is 0.957 bits per heavy atom. The molecule has 0 aromatic heterocycles. The maximum atomic E-state index is 4.07. The smallest absolute Gasteiger partial charge is 0.107 e. The molecular formula is C19H24N4. The molecule has 4 bridgehead atoms. The van der Waals surface area contributed by atoms with Gasteiger partial charge in [-0.1, -0.05) is 24.3 Å². The quantitative estimate of drug-likeness (QED) is 0.900. The molecule has 0 radical (unpaired) electrons. The Labute approximate surface area is 137 Å². The number of nitrogens with one attached hydrogen (secondary N) is 1. The molecule has 4 aliphatic carbocycles. The van der Waals surface area contributed by atoms with Crippen molar-refractivity contribution in [3.63, 3.8) is 0 Å². The van der Waals surface area contributed by atoms with Crippen molar-refractivity contribution in [3.05, 3.63) is 35.4 Å². The van der Waals surface area contributed by atoms with Crippen molar-refractivity contribution in [1.29, 1.82) is 0 Å². The van der Waals surface area contributed by atoms with Crippen LogP contribution in [0.25, 0.3) is 0 Å². The summed E-state index contributed by atoms with van der Waals surface area (Å²) in [7, 11) is 0. The van der Waals surface area contributed by atoms with Gasteiger partial charge in [0.15, 0.2) is 0 Å². The van der Waals surface area contributed by atoms with Crippen molar-refractivity contribution < 1.29 is 0 Å². The summed E-state index contributed by atoms with van der Waals surface area (Å²) in [5.74, 6) is 3.01. The van der Waals surface area contributed by atoms with Gasteiger partial charge in [-0.3, -0.25) is 0 Å². The Morgan fingerprint density at radius 3 is 2.17 bits per heavy atom. The van der Waals surface area contributed by atoms with Crippen LogP contribution in [-0.4, -0.2) is 17.8 Å². The van der Waals surface area contributed by atoms with Gasteiger partial charge in [0.05, 0.1) is 5.71 Å². The van der Waals surface area contributed by atoms with E-state index in [1.165, 1.54) is 44.1 Å². The maximum Gasteiger partial charge on any atom is 0.107 e. The summed E-state index contributed by atoms with van der Waals surface area (Å²) >= 11 is 0. The van der Waals surface area contributed by atoms with Crippen molar-refractivity contribution in [1.82, 2.24) is 5.32 Å². The third-order valence-corrected chi connectivity index (χ3v) is 6.44. The summed E-state index contributed by atoms with van der Waals surface area (Å²) in [6, 6.07) is 8.77. The summed E-state index contributed by atoms with van der Waals surface area (Å²) in [6.45, 7) is 1.61. The molecule has 1 aromatic rings. The van der Waals surface area contributed by atoms with Gasteiger partial charge in [0.25, 0.3) is 0 Å². The molecule has 4 heteroatoms. The summed E-state index contributed by atoms with van der Waals surface area (Å²) < 4.78 is 0. The maximum absolute atomic E-state index is 4.07. The van der Waals surface area contributed by atoms with Crippen LogP contribution in [0.1, 0.15) is 49.7 Å². The molecule has 0 spiro atoms. The van der Waals surface area contributed by atoms with Gasteiger partial charge < -0.3 is 5.32 Å². The fourth-order valence-corrected chi connectivity index (χ4v) is 5.80. The number of benzene rings is 1. The average molecular weight is 308 g/mol. The summed E-state index contributed by atoms with van der Waals surface area (Å²) in [5.41, 5.74) is 3.94. The van der Waals surface area contributed by atoms with Gasteiger partial charge >= 0.3 is 0 Å². The van der Waals surface area contributed by atoms with Crippen LogP contribution in [0, 0.1) is 17.8 Å². The zero-order valence-electron chi connectivity index (χ0n) is 13.5. The number of nitrogens with zero attached hydrogens (tertiary/aromatic N) is 3. The van der Waals surface area contributed by atoms with E-state index in [0.717, 1.165) is 35.6 Å². The molecule has 120 valence electrons. The van der Waals surface area contributed by atoms with Gasteiger partial charge in [0.2, 0.25) is 0 Å². The lowest BCUT2D eigenvalue weighted by Crippen LogP contribution is -2.58. The molecular weight excluding hydrogens is 284 g/mol. The minimum atomic E-state index is 0.445. The highest BCUT2D eigenvalue weighted by molar-refractivity contribution is 6.02. The lowest BCUT2D eigenvalue weighted by Gasteiger charge is -2.57. The van der Waals surface area contributed by atoms with Crippen LogP contribution in [-0.2, 0) is 6.54 Å². The third kappa shape index (κ3) is 2.53. The molecule has 5 aliphatic rings. The minimum absolute atomic E-state index is 0.445. The van der Waals surface area contributed by atoms with Crippen molar-refractivity contribution in [2.24, 2.45) is 33.2 Å². The lowest BCUT2D eigenvalue weighted by molar-refractivity contribution is -0.0206. The predicted molar refractivity (Wildman–Crippen MR) is 90.4 cm³/mol. The highest BCUT2D eigenvalue weighted by atomic mass is 15.4. The van der Waals surface area contributed by atoms with E-state index in [-0.39, 0.29) is 0 Å². The topological polar surface area (TPSA) is 49.1 Å². The van der Waals surface area contributed by atoms with Crippen LogP contribution < -0.4 is 5.32 Å². The second kappa shape index (κ2) is 5.23. The standard InChI is InChI=1S/C19H24N4/c1-3-17(18-12-21-23-22-18)4-2-13(1)11-20-19-8-14-5-15(9-19)7-16(6-14)10-19/h1-4,14-16,20H,5-12H2. The first kappa shape index (κ1) is 13.8. The van der Waals surface area contributed by atoms with E-state index >= 15 is 0 Å². The van der Waals surface area contributed by atoms with E-state index in [4.69, 9.17) is 0 Å². The van der Waals surface area contributed by atoms with E-state index in [9.17, 15) is 0 Å². The molecule has 6 rings (SSSR count). The normalized spacial score (nSPS) is 37.4. The third-order valence-electron chi connectivity index (χ3n) is 6.44.